The molecule has 0 saturated carbocycles. The van der Waals surface area contributed by atoms with Gasteiger partial charge in [-0.25, -0.2) is 9.59 Å². The monoisotopic (exact) mass is 465 g/mol. The largest absolute Gasteiger partial charge is 0.463 e. The lowest BCUT2D eigenvalue weighted by molar-refractivity contribution is -0.153. The Morgan fingerprint density at radius 1 is 0.750 bits per heavy atom. The standard InChI is InChI=1S/C20H35NO11/c1-15(2)31-17(23)7-6-16(22)28-12-10-26-8-9-27-11-13-29-18(24)14-30-21-19(25)32-20(3,4)5/h15H,6-14H2,1-5H3,(H,21,25). The van der Waals surface area contributed by atoms with E-state index in [2.05, 4.69) is 4.84 Å². The SMILES string of the molecule is CC(C)OC(=O)CCC(=O)OCCOCCOCCOC(=O)CONC(=O)OC(C)(C)C. The van der Waals surface area contributed by atoms with Crippen molar-refractivity contribution in [1.29, 1.82) is 0 Å². The van der Waals surface area contributed by atoms with Crippen LogP contribution in [0.25, 0.3) is 0 Å². The zero-order valence-electron chi connectivity index (χ0n) is 19.4. The average molecular weight is 465 g/mol. The molecule has 1 amide bonds. The summed E-state index contributed by atoms with van der Waals surface area (Å²) in [5.41, 5.74) is 1.29. The van der Waals surface area contributed by atoms with Crippen molar-refractivity contribution in [3.63, 3.8) is 0 Å². The predicted octanol–water partition coefficient (Wildman–Crippen LogP) is 1.29. The molecule has 12 heteroatoms. The molecular formula is C20H35NO11. The number of carbonyl (C=O) groups is 4. The van der Waals surface area contributed by atoms with E-state index in [1.54, 1.807) is 34.6 Å². The summed E-state index contributed by atoms with van der Waals surface area (Å²) in [6, 6.07) is 0. The zero-order valence-corrected chi connectivity index (χ0v) is 19.4. The molecule has 0 fully saturated rings. The van der Waals surface area contributed by atoms with Crippen molar-refractivity contribution in [2.45, 2.75) is 59.2 Å². The summed E-state index contributed by atoms with van der Waals surface area (Å²) < 4.78 is 30.0. The second-order valence-corrected chi connectivity index (χ2v) is 7.60. The molecule has 0 aromatic heterocycles. The molecule has 0 aromatic carbocycles. The molecule has 32 heavy (non-hydrogen) atoms. The lowest BCUT2D eigenvalue weighted by Gasteiger charge is -2.19. The minimum atomic E-state index is -0.810. The fourth-order valence-corrected chi connectivity index (χ4v) is 1.84. The number of hydroxylamine groups is 1. The molecule has 0 spiro atoms. The Bertz CT molecular complexity index is 572. The smallest absolute Gasteiger partial charge is 0.431 e. The molecule has 0 aromatic rings. The van der Waals surface area contributed by atoms with Gasteiger partial charge < -0.3 is 28.4 Å². The molecule has 0 radical (unpaired) electrons. The number of amides is 1. The highest BCUT2D eigenvalue weighted by atomic mass is 16.7. The van der Waals surface area contributed by atoms with Gasteiger partial charge in [0.15, 0.2) is 6.61 Å². The third-order valence-corrected chi connectivity index (χ3v) is 3.00. The van der Waals surface area contributed by atoms with Crippen molar-refractivity contribution in [3.05, 3.63) is 0 Å². The van der Waals surface area contributed by atoms with Crippen molar-refractivity contribution in [3.8, 4) is 0 Å². The molecule has 0 heterocycles. The molecule has 0 aliphatic carbocycles. The molecule has 1 N–H and O–H groups in total. The minimum absolute atomic E-state index is 0.00544. The number of nitrogens with one attached hydrogen (secondary N) is 1. The van der Waals surface area contributed by atoms with Crippen molar-refractivity contribution in [2.24, 2.45) is 0 Å². The molecule has 0 aliphatic rings. The first-order valence-electron chi connectivity index (χ1n) is 10.3. The van der Waals surface area contributed by atoms with Crippen LogP contribution in [-0.4, -0.2) is 82.0 Å². The number of hydrogen-bond acceptors (Lipinski definition) is 11. The second kappa shape index (κ2) is 17.2. The molecule has 0 rings (SSSR count). The van der Waals surface area contributed by atoms with E-state index in [-0.39, 0.29) is 58.6 Å². The van der Waals surface area contributed by atoms with Gasteiger partial charge in [0, 0.05) is 0 Å². The molecular weight excluding hydrogens is 430 g/mol. The van der Waals surface area contributed by atoms with Gasteiger partial charge in [-0.05, 0) is 34.6 Å². The number of rotatable bonds is 16. The maximum Gasteiger partial charge on any atom is 0.431 e. The van der Waals surface area contributed by atoms with Crippen LogP contribution in [0.15, 0.2) is 0 Å². The fourth-order valence-electron chi connectivity index (χ4n) is 1.84. The topological polar surface area (TPSA) is 145 Å². The number of ether oxygens (including phenoxy) is 6. The first kappa shape index (κ1) is 29.6. The van der Waals surface area contributed by atoms with Gasteiger partial charge in [0.25, 0.3) is 0 Å². The van der Waals surface area contributed by atoms with Crippen LogP contribution >= 0.6 is 0 Å². The lowest BCUT2D eigenvalue weighted by Crippen LogP contribution is -2.34. The lowest BCUT2D eigenvalue weighted by atomic mass is 10.2. The Labute approximate surface area is 188 Å². The highest BCUT2D eigenvalue weighted by molar-refractivity contribution is 5.77. The fraction of sp³-hybridized carbons (Fsp3) is 0.800. The van der Waals surface area contributed by atoms with E-state index in [0.29, 0.717) is 0 Å². The highest BCUT2D eigenvalue weighted by Crippen LogP contribution is 2.06. The molecule has 12 nitrogen and oxygen atoms in total. The van der Waals surface area contributed by atoms with Crippen molar-refractivity contribution >= 4 is 24.0 Å². The van der Waals surface area contributed by atoms with Crippen LogP contribution < -0.4 is 5.48 Å². The Kier molecular flexibility index (Phi) is 15.8. The number of carbonyl (C=O) groups excluding carboxylic acids is 4. The van der Waals surface area contributed by atoms with Gasteiger partial charge in [0.1, 0.15) is 18.8 Å². The Morgan fingerprint density at radius 2 is 1.25 bits per heavy atom. The van der Waals surface area contributed by atoms with Crippen molar-refractivity contribution in [1.82, 2.24) is 5.48 Å². The predicted molar refractivity (Wildman–Crippen MR) is 109 cm³/mol. The summed E-state index contributed by atoms with van der Waals surface area (Å²) in [5.74, 6) is -1.63. The van der Waals surface area contributed by atoms with E-state index in [1.807, 2.05) is 5.48 Å². The molecule has 0 aliphatic heterocycles. The van der Waals surface area contributed by atoms with Crippen LogP contribution in [-0.2, 0) is 47.6 Å². The molecule has 0 atom stereocenters. The van der Waals surface area contributed by atoms with Crippen LogP contribution in [0.3, 0.4) is 0 Å². The molecule has 0 bridgehead atoms. The number of esters is 3. The van der Waals surface area contributed by atoms with Gasteiger partial charge in [-0.2, -0.15) is 5.48 Å². The van der Waals surface area contributed by atoms with E-state index in [0.717, 1.165) is 0 Å². The van der Waals surface area contributed by atoms with Gasteiger partial charge in [-0.15, -0.1) is 0 Å². The Balaban J connectivity index is 3.46. The van der Waals surface area contributed by atoms with Crippen LogP contribution in [0, 0.1) is 0 Å². The molecule has 0 saturated heterocycles. The van der Waals surface area contributed by atoms with Gasteiger partial charge in [0.2, 0.25) is 0 Å². The summed E-state index contributed by atoms with van der Waals surface area (Å²) in [4.78, 5) is 50.2. The molecule has 0 unspecified atom stereocenters. The summed E-state index contributed by atoms with van der Waals surface area (Å²) in [6.45, 7) is 8.98. The van der Waals surface area contributed by atoms with Crippen molar-refractivity contribution in [2.75, 3.05) is 46.2 Å². The Morgan fingerprint density at radius 3 is 1.78 bits per heavy atom. The van der Waals surface area contributed by atoms with E-state index in [9.17, 15) is 19.2 Å². The van der Waals surface area contributed by atoms with E-state index in [4.69, 9.17) is 28.4 Å². The molecule has 186 valence electrons. The van der Waals surface area contributed by atoms with E-state index < -0.39 is 36.2 Å². The Hall–Kier alpha value is -2.44. The summed E-state index contributed by atoms with van der Waals surface area (Å²) >= 11 is 0. The van der Waals surface area contributed by atoms with Gasteiger partial charge in [-0.3, -0.25) is 14.4 Å². The first-order chi connectivity index (χ1) is 15.0. The van der Waals surface area contributed by atoms with E-state index >= 15 is 0 Å². The maximum atomic E-state index is 11.5. The van der Waals surface area contributed by atoms with E-state index in [1.165, 1.54) is 0 Å². The third kappa shape index (κ3) is 20.8. The summed E-state index contributed by atoms with van der Waals surface area (Å²) in [7, 11) is 0. The quantitative estimate of drug-likeness (QED) is 0.152. The minimum Gasteiger partial charge on any atom is -0.463 e. The van der Waals surface area contributed by atoms with Crippen LogP contribution in [0.5, 0.6) is 0 Å². The van der Waals surface area contributed by atoms with Gasteiger partial charge in [0.05, 0.1) is 45.4 Å². The summed E-state index contributed by atoms with van der Waals surface area (Å²) in [5, 5.41) is 0. The maximum absolute atomic E-state index is 11.5. The van der Waals surface area contributed by atoms with Gasteiger partial charge in [-0.1, -0.05) is 0 Å². The average Bonchev–Trinajstić information content (AvgIpc) is 2.65. The van der Waals surface area contributed by atoms with Crippen LogP contribution in [0.2, 0.25) is 0 Å². The highest BCUT2D eigenvalue weighted by Gasteiger charge is 2.16. The number of hydrogen-bond donors (Lipinski definition) is 1. The normalized spacial score (nSPS) is 11.1. The van der Waals surface area contributed by atoms with Crippen LogP contribution in [0.4, 0.5) is 4.79 Å². The van der Waals surface area contributed by atoms with Gasteiger partial charge >= 0.3 is 24.0 Å². The summed E-state index contributed by atoms with van der Waals surface area (Å²) in [6.07, 6.45) is -1.10. The van der Waals surface area contributed by atoms with Crippen molar-refractivity contribution < 1.29 is 52.4 Å². The second-order valence-electron chi connectivity index (χ2n) is 7.60. The first-order valence-corrected chi connectivity index (χ1v) is 10.3. The van der Waals surface area contributed by atoms with Crippen LogP contribution in [0.1, 0.15) is 47.5 Å². The zero-order chi connectivity index (χ0) is 24.4. The third-order valence-electron chi connectivity index (χ3n) is 3.00.